The molecule has 15 heavy (non-hydrogen) atoms. The molecule has 2 saturated heterocycles. The van der Waals surface area contributed by atoms with Gasteiger partial charge in [0.25, 0.3) is 0 Å². The smallest absolute Gasteiger partial charge is 0.179 e. The van der Waals surface area contributed by atoms with Gasteiger partial charge in [0.1, 0.15) is 0 Å². The van der Waals surface area contributed by atoms with Gasteiger partial charge in [0.05, 0.1) is 0 Å². The van der Waals surface area contributed by atoms with Gasteiger partial charge in [0.2, 0.25) is 0 Å². The first-order valence-electron chi connectivity index (χ1n) is 5.87. The van der Waals surface area contributed by atoms with Crippen LogP contribution in [0.5, 0.6) is 0 Å². The van der Waals surface area contributed by atoms with Crippen LogP contribution >= 0.6 is 0 Å². The molecule has 0 amide bonds. The lowest BCUT2D eigenvalue weighted by Crippen LogP contribution is -2.51. The van der Waals surface area contributed by atoms with Crippen molar-refractivity contribution < 1.29 is 0 Å². The lowest BCUT2D eigenvalue weighted by molar-refractivity contribution is 0.0828. The summed E-state index contributed by atoms with van der Waals surface area (Å²) in [6.45, 7) is 6.43. The number of piperazine rings is 1. The van der Waals surface area contributed by atoms with Gasteiger partial charge in [0, 0.05) is 32.2 Å². The second-order valence-corrected chi connectivity index (χ2v) is 4.66. The largest absolute Gasteiger partial charge is 0.308 e. The third-order valence-corrected chi connectivity index (χ3v) is 3.66. The lowest BCUT2D eigenvalue weighted by Gasteiger charge is -2.40. The Bertz CT molecular complexity index is 231. The zero-order valence-corrected chi connectivity index (χ0v) is 9.52. The average molecular weight is 208 g/mol. The van der Waals surface area contributed by atoms with Crippen LogP contribution in [-0.4, -0.2) is 67.1 Å². The molecule has 0 aromatic heterocycles. The SMILES string of the molecule is CN1CCC(N2CCN(C#N)CC2)CC1. The lowest BCUT2D eigenvalue weighted by atomic mass is 10.0. The van der Waals surface area contributed by atoms with Crippen LogP contribution in [0.1, 0.15) is 12.8 Å². The maximum atomic E-state index is 8.77. The number of nitrogens with zero attached hydrogens (tertiary/aromatic N) is 4. The maximum absolute atomic E-state index is 8.77. The molecule has 2 heterocycles. The Morgan fingerprint density at radius 3 is 2.13 bits per heavy atom. The van der Waals surface area contributed by atoms with Gasteiger partial charge in [-0.05, 0) is 33.0 Å². The predicted molar refractivity (Wildman–Crippen MR) is 59.3 cm³/mol. The molecule has 0 aliphatic carbocycles. The Balaban J connectivity index is 1.78. The van der Waals surface area contributed by atoms with Crippen LogP contribution in [-0.2, 0) is 0 Å². The highest BCUT2D eigenvalue weighted by molar-refractivity contribution is 4.86. The van der Waals surface area contributed by atoms with E-state index in [-0.39, 0.29) is 0 Å². The first kappa shape index (κ1) is 10.7. The van der Waals surface area contributed by atoms with Gasteiger partial charge in [0.15, 0.2) is 6.19 Å². The van der Waals surface area contributed by atoms with Crippen LogP contribution in [0, 0.1) is 11.5 Å². The molecule has 2 fully saturated rings. The Hall–Kier alpha value is -0.790. The average Bonchev–Trinajstić information content (AvgIpc) is 2.30. The summed E-state index contributed by atoms with van der Waals surface area (Å²) >= 11 is 0. The molecular formula is C11H20N4. The van der Waals surface area contributed by atoms with Crippen molar-refractivity contribution in [3.63, 3.8) is 0 Å². The van der Waals surface area contributed by atoms with Crippen molar-refractivity contribution in [2.75, 3.05) is 46.3 Å². The monoisotopic (exact) mass is 208 g/mol. The summed E-state index contributed by atoms with van der Waals surface area (Å²) in [6.07, 6.45) is 4.82. The summed E-state index contributed by atoms with van der Waals surface area (Å²) in [7, 11) is 2.20. The van der Waals surface area contributed by atoms with Crippen LogP contribution in [0.4, 0.5) is 0 Å². The van der Waals surface area contributed by atoms with E-state index in [9.17, 15) is 0 Å². The molecular weight excluding hydrogens is 188 g/mol. The molecule has 2 aliphatic heterocycles. The quantitative estimate of drug-likeness (QED) is 0.576. The summed E-state index contributed by atoms with van der Waals surface area (Å²) in [5.74, 6) is 0. The van der Waals surface area contributed by atoms with Gasteiger partial charge < -0.3 is 9.80 Å². The number of hydrogen-bond acceptors (Lipinski definition) is 4. The number of likely N-dealkylation sites (tertiary alicyclic amines) is 1. The molecule has 2 aliphatic rings. The summed E-state index contributed by atoms with van der Waals surface area (Å²) in [5.41, 5.74) is 0. The molecule has 0 aromatic carbocycles. The van der Waals surface area contributed by atoms with Crippen molar-refractivity contribution in [3.8, 4) is 6.19 Å². The number of nitriles is 1. The van der Waals surface area contributed by atoms with E-state index in [0.29, 0.717) is 0 Å². The predicted octanol–water partition coefficient (Wildman–Crippen LogP) is 0.179. The minimum Gasteiger partial charge on any atom is -0.308 e. The fraction of sp³-hybridized carbons (Fsp3) is 0.909. The normalized spacial score (nSPS) is 26.5. The van der Waals surface area contributed by atoms with E-state index < -0.39 is 0 Å². The Kier molecular flexibility index (Phi) is 3.45. The molecule has 4 nitrogen and oxygen atoms in total. The standard InChI is InChI=1S/C11H20N4/c1-13-4-2-11(3-5-13)15-8-6-14(10-12)7-9-15/h11H,2-9H2,1H3. The highest BCUT2D eigenvalue weighted by Crippen LogP contribution is 2.16. The molecule has 84 valence electrons. The third-order valence-electron chi connectivity index (χ3n) is 3.66. The minimum atomic E-state index is 0.766. The van der Waals surface area contributed by atoms with Crippen molar-refractivity contribution in [1.82, 2.24) is 14.7 Å². The van der Waals surface area contributed by atoms with Crippen LogP contribution in [0.15, 0.2) is 0 Å². The summed E-state index contributed by atoms with van der Waals surface area (Å²) < 4.78 is 0. The first-order chi connectivity index (χ1) is 7.29. The van der Waals surface area contributed by atoms with E-state index in [4.69, 9.17) is 5.26 Å². The molecule has 0 bridgehead atoms. The van der Waals surface area contributed by atoms with Gasteiger partial charge >= 0.3 is 0 Å². The molecule has 4 heteroatoms. The van der Waals surface area contributed by atoms with Crippen LogP contribution in [0.2, 0.25) is 0 Å². The molecule has 2 rings (SSSR count). The van der Waals surface area contributed by atoms with Crippen LogP contribution in [0.25, 0.3) is 0 Å². The summed E-state index contributed by atoms with van der Waals surface area (Å²) in [4.78, 5) is 6.84. The number of hydrogen-bond donors (Lipinski definition) is 0. The molecule has 0 saturated carbocycles. The molecule has 0 spiro atoms. The van der Waals surface area contributed by atoms with E-state index in [2.05, 4.69) is 23.0 Å². The van der Waals surface area contributed by atoms with Gasteiger partial charge in [-0.3, -0.25) is 4.90 Å². The minimum absolute atomic E-state index is 0.766. The van der Waals surface area contributed by atoms with Gasteiger partial charge in [-0.15, -0.1) is 0 Å². The van der Waals surface area contributed by atoms with Gasteiger partial charge in [-0.1, -0.05) is 0 Å². The highest BCUT2D eigenvalue weighted by atomic mass is 15.3. The molecule has 0 aromatic rings. The van der Waals surface area contributed by atoms with Gasteiger partial charge in [-0.2, -0.15) is 5.26 Å². The topological polar surface area (TPSA) is 33.5 Å². The molecule has 0 radical (unpaired) electrons. The highest BCUT2D eigenvalue weighted by Gasteiger charge is 2.25. The van der Waals surface area contributed by atoms with E-state index in [1.807, 2.05) is 4.90 Å². The zero-order valence-electron chi connectivity index (χ0n) is 9.52. The van der Waals surface area contributed by atoms with E-state index in [1.54, 1.807) is 0 Å². The first-order valence-corrected chi connectivity index (χ1v) is 5.87. The van der Waals surface area contributed by atoms with E-state index in [1.165, 1.54) is 25.9 Å². The van der Waals surface area contributed by atoms with Crippen molar-refractivity contribution in [2.24, 2.45) is 0 Å². The second-order valence-electron chi connectivity index (χ2n) is 4.66. The number of rotatable bonds is 1. The summed E-state index contributed by atoms with van der Waals surface area (Å²) in [6, 6.07) is 0.766. The Labute approximate surface area is 92.0 Å². The summed E-state index contributed by atoms with van der Waals surface area (Å²) in [5, 5.41) is 8.77. The second kappa shape index (κ2) is 4.82. The fourth-order valence-electron chi connectivity index (χ4n) is 2.55. The molecule has 0 N–H and O–H groups in total. The van der Waals surface area contributed by atoms with Gasteiger partial charge in [-0.25, -0.2) is 0 Å². The van der Waals surface area contributed by atoms with Crippen LogP contribution in [0.3, 0.4) is 0 Å². The van der Waals surface area contributed by atoms with E-state index in [0.717, 1.165) is 32.2 Å². The third kappa shape index (κ3) is 2.61. The zero-order chi connectivity index (χ0) is 10.7. The Morgan fingerprint density at radius 2 is 1.60 bits per heavy atom. The fourth-order valence-corrected chi connectivity index (χ4v) is 2.55. The number of piperidine rings is 1. The van der Waals surface area contributed by atoms with Crippen LogP contribution < -0.4 is 0 Å². The Morgan fingerprint density at radius 1 is 1.00 bits per heavy atom. The molecule has 0 atom stereocenters. The van der Waals surface area contributed by atoms with Crippen molar-refractivity contribution in [1.29, 1.82) is 5.26 Å². The van der Waals surface area contributed by atoms with Crippen molar-refractivity contribution >= 4 is 0 Å². The van der Waals surface area contributed by atoms with Crippen molar-refractivity contribution in [2.45, 2.75) is 18.9 Å². The molecule has 0 unspecified atom stereocenters. The van der Waals surface area contributed by atoms with Crippen molar-refractivity contribution in [3.05, 3.63) is 0 Å². The van der Waals surface area contributed by atoms with E-state index >= 15 is 0 Å². The maximum Gasteiger partial charge on any atom is 0.179 e.